The van der Waals surface area contributed by atoms with Crippen LogP contribution in [-0.4, -0.2) is 38.0 Å². The smallest absolute Gasteiger partial charge is 0.328 e. The zero-order chi connectivity index (χ0) is 15.7. The molecule has 0 aliphatic carbocycles. The molecule has 1 rings (SSSR count). The van der Waals surface area contributed by atoms with Gasteiger partial charge in [0.25, 0.3) is 0 Å². The van der Waals surface area contributed by atoms with E-state index in [1.807, 2.05) is 0 Å². The molecular weight excluding hydrogens is 272 g/mol. The molecule has 1 N–H and O–H groups in total. The minimum atomic E-state index is -0.989. The standard InChI is InChI=1S/C16H22O5/c1-12(2)11-20-8-9-21-14-6-4-13(5-7-16(17)18)10-15(14)19-3/h4-7,10,12H,8-9,11H2,1-3H3,(H,17,18)/b7-5+. The number of carboxylic acid groups (broad SMARTS) is 1. The molecule has 5 heteroatoms. The van der Waals surface area contributed by atoms with Crippen LogP contribution in [0.5, 0.6) is 11.5 Å². The highest BCUT2D eigenvalue weighted by Crippen LogP contribution is 2.28. The van der Waals surface area contributed by atoms with Crippen molar-refractivity contribution in [1.29, 1.82) is 0 Å². The average Bonchev–Trinajstić information content (AvgIpc) is 2.45. The van der Waals surface area contributed by atoms with E-state index in [4.69, 9.17) is 19.3 Å². The van der Waals surface area contributed by atoms with Gasteiger partial charge in [0.2, 0.25) is 0 Å². The van der Waals surface area contributed by atoms with Gasteiger partial charge in [-0.3, -0.25) is 0 Å². The third-order valence-corrected chi connectivity index (χ3v) is 2.54. The molecule has 21 heavy (non-hydrogen) atoms. The number of aliphatic carboxylic acids is 1. The monoisotopic (exact) mass is 294 g/mol. The van der Waals surface area contributed by atoms with Gasteiger partial charge in [-0.1, -0.05) is 19.9 Å². The molecule has 116 valence electrons. The Morgan fingerprint density at radius 1 is 1.29 bits per heavy atom. The van der Waals surface area contributed by atoms with Gasteiger partial charge in [-0.25, -0.2) is 4.79 Å². The summed E-state index contributed by atoms with van der Waals surface area (Å²) in [5.41, 5.74) is 0.734. The Bertz CT molecular complexity index is 480. The summed E-state index contributed by atoms with van der Waals surface area (Å²) >= 11 is 0. The number of benzene rings is 1. The van der Waals surface area contributed by atoms with Gasteiger partial charge >= 0.3 is 5.97 Å². The molecule has 0 saturated heterocycles. The number of hydrogen-bond acceptors (Lipinski definition) is 4. The fourth-order valence-electron chi connectivity index (χ4n) is 1.60. The molecule has 0 aliphatic heterocycles. The maximum atomic E-state index is 10.5. The number of carbonyl (C=O) groups is 1. The Hall–Kier alpha value is -2.01. The minimum Gasteiger partial charge on any atom is -0.493 e. The van der Waals surface area contributed by atoms with Crippen LogP contribution < -0.4 is 9.47 Å². The Kier molecular flexibility index (Phi) is 7.32. The summed E-state index contributed by atoms with van der Waals surface area (Å²) in [5, 5.41) is 8.60. The molecule has 0 atom stereocenters. The first kappa shape index (κ1) is 17.0. The zero-order valence-corrected chi connectivity index (χ0v) is 12.7. The summed E-state index contributed by atoms with van der Waals surface area (Å²) in [6.45, 7) is 5.84. The van der Waals surface area contributed by atoms with Crippen molar-refractivity contribution < 1.29 is 24.1 Å². The van der Waals surface area contributed by atoms with Crippen molar-refractivity contribution in [3.63, 3.8) is 0 Å². The Morgan fingerprint density at radius 3 is 2.67 bits per heavy atom. The Balaban J connectivity index is 2.56. The lowest BCUT2D eigenvalue weighted by Crippen LogP contribution is -2.10. The van der Waals surface area contributed by atoms with Gasteiger partial charge in [0.05, 0.1) is 13.7 Å². The molecule has 0 bridgehead atoms. The van der Waals surface area contributed by atoms with Crippen LogP contribution in [-0.2, 0) is 9.53 Å². The summed E-state index contributed by atoms with van der Waals surface area (Å²) in [7, 11) is 1.54. The van der Waals surface area contributed by atoms with E-state index in [1.54, 1.807) is 25.3 Å². The van der Waals surface area contributed by atoms with Crippen molar-refractivity contribution in [2.75, 3.05) is 26.9 Å². The predicted octanol–water partition coefficient (Wildman–Crippen LogP) is 2.84. The molecule has 5 nitrogen and oxygen atoms in total. The molecule has 0 heterocycles. The summed E-state index contributed by atoms with van der Waals surface area (Å²) in [4.78, 5) is 10.5. The van der Waals surface area contributed by atoms with E-state index < -0.39 is 5.97 Å². The maximum Gasteiger partial charge on any atom is 0.328 e. The van der Waals surface area contributed by atoms with E-state index in [1.165, 1.54) is 6.08 Å². The molecule has 0 aromatic heterocycles. The third kappa shape index (κ3) is 6.81. The Labute approximate surface area is 125 Å². The van der Waals surface area contributed by atoms with Crippen molar-refractivity contribution in [3.05, 3.63) is 29.8 Å². The van der Waals surface area contributed by atoms with Crippen LogP contribution in [0.3, 0.4) is 0 Å². The second-order valence-corrected chi connectivity index (χ2v) is 4.90. The highest BCUT2D eigenvalue weighted by molar-refractivity contribution is 5.85. The molecule has 0 radical (unpaired) electrons. The quantitative estimate of drug-likeness (QED) is 0.560. The van der Waals surface area contributed by atoms with Crippen molar-refractivity contribution in [3.8, 4) is 11.5 Å². The number of ether oxygens (including phenoxy) is 3. The SMILES string of the molecule is COc1cc(/C=C/C(=O)O)ccc1OCCOCC(C)C. The molecule has 0 amide bonds. The van der Waals surface area contributed by atoms with Gasteiger partial charge in [0.15, 0.2) is 11.5 Å². The number of methoxy groups -OCH3 is 1. The average molecular weight is 294 g/mol. The lowest BCUT2D eigenvalue weighted by atomic mass is 10.2. The van der Waals surface area contributed by atoms with Gasteiger partial charge < -0.3 is 19.3 Å². The molecule has 0 spiro atoms. The number of hydrogen-bond donors (Lipinski definition) is 1. The van der Waals surface area contributed by atoms with E-state index >= 15 is 0 Å². The number of rotatable bonds is 9. The topological polar surface area (TPSA) is 65.0 Å². The fraction of sp³-hybridized carbons (Fsp3) is 0.438. The fourth-order valence-corrected chi connectivity index (χ4v) is 1.60. The molecule has 0 fully saturated rings. The van der Waals surface area contributed by atoms with Crippen molar-refractivity contribution in [2.45, 2.75) is 13.8 Å². The highest BCUT2D eigenvalue weighted by atomic mass is 16.5. The normalized spacial score (nSPS) is 11.0. The Morgan fingerprint density at radius 2 is 2.05 bits per heavy atom. The first-order valence-corrected chi connectivity index (χ1v) is 6.82. The lowest BCUT2D eigenvalue weighted by Gasteiger charge is -2.12. The molecule has 0 saturated carbocycles. The molecule has 0 aliphatic rings. The lowest BCUT2D eigenvalue weighted by molar-refractivity contribution is -0.131. The molecule has 1 aromatic carbocycles. The van der Waals surface area contributed by atoms with Gasteiger partial charge in [0.1, 0.15) is 6.61 Å². The van der Waals surface area contributed by atoms with E-state index in [9.17, 15) is 4.79 Å². The predicted molar refractivity (Wildman–Crippen MR) is 80.8 cm³/mol. The summed E-state index contributed by atoms with van der Waals surface area (Å²) in [5.74, 6) is 0.681. The first-order chi connectivity index (χ1) is 10.0. The molecule has 1 aromatic rings. The van der Waals surface area contributed by atoms with Gasteiger partial charge in [-0.05, 0) is 29.7 Å². The van der Waals surface area contributed by atoms with Crippen LogP contribution in [0, 0.1) is 5.92 Å². The van der Waals surface area contributed by atoms with Crippen LogP contribution in [0.2, 0.25) is 0 Å². The summed E-state index contributed by atoms with van der Waals surface area (Å²) in [6, 6.07) is 5.25. The van der Waals surface area contributed by atoms with Gasteiger partial charge in [-0.2, -0.15) is 0 Å². The largest absolute Gasteiger partial charge is 0.493 e. The van der Waals surface area contributed by atoms with Crippen molar-refractivity contribution in [2.24, 2.45) is 5.92 Å². The van der Waals surface area contributed by atoms with Crippen molar-refractivity contribution in [1.82, 2.24) is 0 Å². The first-order valence-electron chi connectivity index (χ1n) is 6.82. The second-order valence-electron chi connectivity index (χ2n) is 4.90. The molecular formula is C16H22O5. The third-order valence-electron chi connectivity index (χ3n) is 2.54. The van der Waals surface area contributed by atoms with Crippen LogP contribution in [0.15, 0.2) is 24.3 Å². The zero-order valence-electron chi connectivity index (χ0n) is 12.7. The van der Waals surface area contributed by atoms with E-state index in [-0.39, 0.29) is 0 Å². The van der Waals surface area contributed by atoms with Crippen LogP contribution in [0.25, 0.3) is 6.08 Å². The van der Waals surface area contributed by atoms with Gasteiger partial charge in [0, 0.05) is 12.7 Å². The van der Waals surface area contributed by atoms with Crippen LogP contribution in [0.1, 0.15) is 19.4 Å². The second kappa shape index (κ2) is 9.02. The van der Waals surface area contributed by atoms with E-state index in [0.717, 1.165) is 11.6 Å². The van der Waals surface area contributed by atoms with Crippen molar-refractivity contribution >= 4 is 12.0 Å². The minimum absolute atomic E-state index is 0.438. The summed E-state index contributed by atoms with van der Waals surface area (Å²) in [6.07, 6.45) is 2.58. The van der Waals surface area contributed by atoms with E-state index in [2.05, 4.69) is 13.8 Å². The molecule has 0 unspecified atom stereocenters. The highest BCUT2D eigenvalue weighted by Gasteiger charge is 2.05. The van der Waals surface area contributed by atoms with Crippen LogP contribution in [0.4, 0.5) is 0 Å². The number of carboxylic acids is 1. The maximum absolute atomic E-state index is 10.5. The van der Waals surface area contributed by atoms with E-state index in [0.29, 0.717) is 37.2 Å². The van der Waals surface area contributed by atoms with Crippen LogP contribution >= 0.6 is 0 Å². The summed E-state index contributed by atoms with van der Waals surface area (Å²) < 4.78 is 16.3. The van der Waals surface area contributed by atoms with Gasteiger partial charge in [-0.15, -0.1) is 0 Å².